The van der Waals surface area contributed by atoms with Gasteiger partial charge in [0.1, 0.15) is 5.75 Å². The van der Waals surface area contributed by atoms with E-state index in [-0.39, 0.29) is 29.9 Å². The first-order valence-electron chi connectivity index (χ1n) is 9.73. The van der Waals surface area contributed by atoms with Gasteiger partial charge >= 0.3 is 0 Å². The number of carbonyl (C=O) groups excluding carboxylic acids is 2. The average Bonchev–Trinajstić information content (AvgIpc) is 2.66. The maximum Gasteiger partial charge on any atom is 0.262 e. The molecule has 0 spiro atoms. The molecule has 2 aromatic carbocycles. The maximum atomic E-state index is 12.3. The minimum Gasteiger partial charge on any atom is -0.483 e. The van der Waals surface area contributed by atoms with Gasteiger partial charge in [-0.2, -0.15) is 0 Å². The van der Waals surface area contributed by atoms with Gasteiger partial charge in [-0.15, -0.1) is 0 Å². The van der Waals surface area contributed by atoms with Crippen LogP contribution >= 0.6 is 15.9 Å². The predicted molar refractivity (Wildman–Crippen MR) is 121 cm³/mol. The molecule has 1 unspecified atom stereocenters. The second kappa shape index (κ2) is 9.92. The lowest BCUT2D eigenvalue weighted by Crippen LogP contribution is -2.32. The highest BCUT2D eigenvalue weighted by molar-refractivity contribution is 9.10. The van der Waals surface area contributed by atoms with Crippen LogP contribution in [0.25, 0.3) is 0 Å². The van der Waals surface area contributed by atoms with Gasteiger partial charge in [-0.25, -0.2) is 0 Å². The number of benzene rings is 2. The molecule has 2 N–H and O–H groups in total. The van der Waals surface area contributed by atoms with Crippen molar-refractivity contribution in [2.45, 2.75) is 52.5 Å². The minimum absolute atomic E-state index is 0.0324. The summed E-state index contributed by atoms with van der Waals surface area (Å²) < 4.78 is 6.45. The van der Waals surface area contributed by atoms with Crippen molar-refractivity contribution in [3.05, 3.63) is 58.1 Å². The van der Waals surface area contributed by atoms with E-state index in [1.807, 2.05) is 32.0 Å². The van der Waals surface area contributed by atoms with Gasteiger partial charge in [-0.1, -0.05) is 39.8 Å². The summed E-state index contributed by atoms with van der Waals surface area (Å²) in [4.78, 5) is 24.5. The lowest BCUT2D eigenvalue weighted by molar-refractivity contribution is -0.118. The van der Waals surface area contributed by atoms with Gasteiger partial charge in [0.15, 0.2) is 6.61 Å². The monoisotopic (exact) mass is 460 g/mol. The molecule has 2 amide bonds. The van der Waals surface area contributed by atoms with Crippen LogP contribution in [0.1, 0.15) is 57.0 Å². The molecule has 0 saturated carbocycles. The summed E-state index contributed by atoms with van der Waals surface area (Å²) in [7, 11) is 0. The van der Waals surface area contributed by atoms with Gasteiger partial charge in [-0.3, -0.25) is 9.59 Å². The van der Waals surface area contributed by atoms with Gasteiger partial charge in [0.05, 0.1) is 4.47 Å². The van der Waals surface area contributed by atoms with Crippen LogP contribution < -0.4 is 15.4 Å². The second-order valence-corrected chi connectivity index (χ2v) is 8.95. The Labute approximate surface area is 181 Å². The summed E-state index contributed by atoms with van der Waals surface area (Å²) in [6.07, 6.45) is 0.853. The molecule has 6 heteroatoms. The second-order valence-electron chi connectivity index (χ2n) is 8.10. The Morgan fingerprint density at radius 2 is 1.86 bits per heavy atom. The molecule has 0 aliphatic rings. The fourth-order valence-electron chi connectivity index (χ4n) is 2.57. The Morgan fingerprint density at radius 1 is 1.14 bits per heavy atom. The third-order valence-corrected chi connectivity index (χ3v) is 5.17. The number of carbonyl (C=O) groups is 2. The molecule has 0 bridgehead atoms. The summed E-state index contributed by atoms with van der Waals surface area (Å²) in [5, 5.41) is 5.68. The largest absolute Gasteiger partial charge is 0.483 e. The highest BCUT2D eigenvalue weighted by atomic mass is 79.9. The van der Waals surface area contributed by atoms with Crippen LogP contribution in [0.5, 0.6) is 5.75 Å². The number of ether oxygens (including phenoxy) is 1. The van der Waals surface area contributed by atoms with Crippen molar-refractivity contribution in [2.24, 2.45) is 0 Å². The molecule has 0 aliphatic carbocycles. The van der Waals surface area contributed by atoms with E-state index in [9.17, 15) is 9.59 Å². The van der Waals surface area contributed by atoms with Gasteiger partial charge in [0.2, 0.25) is 0 Å². The third kappa shape index (κ3) is 6.89. The number of halogens is 1. The van der Waals surface area contributed by atoms with Crippen LogP contribution in [0.4, 0.5) is 5.69 Å². The molecule has 5 nitrogen and oxygen atoms in total. The predicted octanol–water partition coefficient (Wildman–Crippen LogP) is 5.29. The first kappa shape index (κ1) is 22.9. The molecule has 0 aliphatic heterocycles. The zero-order valence-corrected chi connectivity index (χ0v) is 19.2. The van der Waals surface area contributed by atoms with Crippen molar-refractivity contribution in [3.8, 4) is 5.75 Å². The van der Waals surface area contributed by atoms with E-state index in [1.165, 1.54) is 5.56 Å². The van der Waals surface area contributed by atoms with Crippen LogP contribution in [0, 0.1) is 0 Å². The Bertz CT molecular complexity index is 875. The number of hydrogen-bond donors (Lipinski definition) is 2. The van der Waals surface area contributed by atoms with Gasteiger partial charge in [0.25, 0.3) is 11.8 Å². The van der Waals surface area contributed by atoms with Gasteiger partial charge in [-0.05, 0) is 70.6 Å². The zero-order valence-electron chi connectivity index (χ0n) is 17.6. The smallest absolute Gasteiger partial charge is 0.262 e. The van der Waals surface area contributed by atoms with E-state index in [0.717, 1.165) is 10.9 Å². The van der Waals surface area contributed by atoms with Crippen molar-refractivity contribution in [1.29, 1.82) is 0 Å². The molecule has 2 aromatic rings. The number of rotatable bonds is 7. The van der Waals surface area contributed by atoms with Crippen molar-refractivity contribution >= 4 is 33.4 Å². The fourth-order valence-corrected chi connectivity index (χ4v) is 3.07. The number of hydrogen-bond acceptors (Lipinski definition) is 3. The quantitative estimate of drug-likeness (QED) is 0.589. The fraction of sp³-hybridized carbons (Fsp3) is 0.391. The molecule has 156 valence electrons. The zero-order chi connectivity index (χ0) is 21.6. The molecule has 0 saturated heterocycles. The standard InChI is InChI=1S/C23H29BrN2O3/c1-6-15(2)25-22(28)16-8-7-9-18(12-16)26-21(27)14-29-20-11-10-17(13-19(20)24)23(3,4)5/h7-13,15H,6,14H2,1-5H3,(H,25,28)(H,26,27). The molecule has 0 aromatic heterocycles. The van der Waals surface area contributed by atoms with Crippen molar-refractivity contribution in [1.82, 2.24) is 5.32 Å². The van der Waals surface area contributed by atoms with Gasteiger partial charge in [0, 0.05) is 17.3 Å². The van der Waals surface area contributed by atoms with Crippen molar-refractivity contribution < 1.29 is 14.3 Å². The SMILES string of the molecule is CCC(C)NC(=O)c1cccc(NC(=O)COc2ccc(C(C)(C)C)cc2Br)c1. The van der Waals surface area contributed by atoms with Crippen LogP contribution in [-0.2, 0) is 10.2 Å². The van der Waals surface area contributed by atoms with Crippen LogP contribution in [0.2, 0.25) is 0 Å². The number of nitrogens with one attached hydrogen (secondary N) is 2. The Kier molecular flexibility index (Phi) is 7.85. The first-order chi connectivity index (χ1) is 13.6. The van der Waals surface area contributed by atoms with E-state index < -0.39 is 0 Å². The van der Waals surface area contributed by atoms with Gasteiger partial charge < -0.3 is 15.4 Å². The van der Waals surface area contributed by atoms with Crippen LogP contribution in [-0.4, -0.2) is 24.5 Å². The minimum atomic E-state index is -0.295. The summed E-state index contributed by atoms with van der Waals surface area (Å²) >= 11 is 3.51. The first-order valence-corrected chi connectivity index (χ1v) is 10.5. The van der Waals surface area contributed by atoms with E-state index in [2.05, 4.69) is 47.3 Å². The number of anilines is 1. The Morgan fingerprint density at radius 3 is 2.48 bits per heavy atom. The van der Waals surface area contributed by atoms with E-state index >= 15 is 0 Å². The maximum absolute atomic E-state index is 12.3. The molecular weight excluding hydrogens is 432 g/mol. The van der Waals surface area contributed by atoms with E-state index in [1.54, 1.807) is 24.3 Å². The highest BCUT2D eigenvalue weighted by Gasteiger charge is 2.16. The molecule has 0 heterocycles. The van der Waals surface area contributed by atoms with Crippen LogP contribution in [0.3, 0.4) is 0 Å². The summed E-state index contributed by atoms with van der Waals surface area (Å²) in [6, 6.07) is 12.8. The molecular formula is C23H29BrN2O3. The highest BCUT2D eigenvalue weighted by Crippen LogP contribution is 2.31. The normalized spacial score (nSPS) is 12.2. The van der Waals surface area contributed by atoms with Crippen molar-refractivity contribution in [3.63, 3.8) is 0 Å². The Hall–Kier alpha value is -2.34. The topological polar surface area (TPSA) is 67.4 Å². The van der Waals surface area contributed by atoms with Crippen molar-refractivity contribution in [2.75, 3.05) is 11.9 Å². The molecule has 29 heavy (non-hydrogen) atoms. The number of amides is 2. The van der Waals surface area contributed by atoms with Crippen LogP contribution in [0.15, 0.2) is 46.9 Å². The Balaban J connectivity index is 1.96. The average molecular weight is 461 g/mol. The molecule has 0 fully saturated rings. The molecule has 1 atom stereocenters. The lowest BCUT2D eigenvalue weighted by atomic mass is 9.87. The third-order valence-electron chi connectivity index (χ3n) is 4.56. The van der Waals surface area contributed by atoms with E-state index in [0.29, 0.717) is 17.0 Å². The molecule has 0 radical (unpaired) electrons. The lowest BCUT2D eigenvalue weighted by Gasteiger charge is -2.20. The summed E-state index contributed by atoms with van der Waals surface area (Å²) in [6.45, 7) is 10.3. The molecule has 2 rings (SSSR count). The summed E-state index contributed by atoms with van der Waals surface area (Å²) in [5.74, 6) is 0.153. The van der Waals surface area contributed by atoms with E-state index in [4.69, 9.17) is 4.74 Å². The summed E-state index contributed by atoms with van der Waals surface area (Å²) in [5.41, 5.74) is 2.26.